The van der Waals surface area contributed by atoms with Crippen LogP contribution in [0.3, 0.4) is 0 Å². The predicted molar refractivity (Wildman–Crippen MR) is 126 cm³/mol. The number of halogens is 1. The minimum absolute atomic E-state index is 0.753. The lowest BCUT2D eigenvalue weighted by atomic mass is 10.1. The van der Waals surface area contributed by atoms with Crippen LogP contribution >= 0.6 is 23.8 Å². The van der Waals surface area contributed by atoms with Gasteiger partial charge in [0.15, 0.2) is 5.11 Å². The van der Waals surface area contributed by atoms with E-state index >= 15 is 0 Å². The molecule has 1 heterocycles. The Morgan fingerprint density at radius 3 is 2.59 bits per heavy atom. The van der Waals surface area contributed by atoms with Gasteiger partial charge in [-0.2, -0.15) is 0 Å². The maximum absolute atomic E-state index is 6.05. The summed E-state index contributed by atoms with van der Waals surface area (Å²) >= 11 is 11.9. The second kappa shape index (κ2) is 10.9. The number of aryl methyl sites for hydroxylation is 2. The van der Waals surface area contributed by atoms with Gasteiger partial charge in [0.1, 0.15) is 0 Å². The Bertz CT molecular complexity index is 806. The number of nitrogens with zero attached hydrogens (tertiary/aromatic N) is 2. The average Bonchev–Trinajstić information content (AvgIpc) is 2.72. The number of anilines is 1. The van der Waals surface area contributed by atoms with E-state index in [2.05, 4.69) is 59.3 Å². The topological polar surface area (TPSA) is 27.7 Å². The fourth-order valence-electron chi connectivity index (χ4n) is 3.44. The fraction of sp³-hybridized carbons (Fsp3) is 0.435. The third kappa shape index (κ3) is 6.96. The third-order valence-corrected chi connectivity index (χ3v) is 5.83. The van der Waals surface area contributed by atoms with Crippen molar-refractivity contribution in [1.29, 1.82) is 0 Å². The monoisotopic (exact) mass is 431 g/mol. The number of morpholine rings is 1. The van der Waals surface area contributed by atoms with Gasteiger partial charge < -0.3 is 15.0 Å². The summed E-state index contributed by atoms with van der Waals surface area (Å²) in [5, 5.41) is 4.98. The standard InChI is InChI=1S/C23H30ClN3OS/c1-18-4-5-19(2)22(16-18)25-23(29)27(17-20-6-8-21(24)9-7-20)11-3-10-26-12-14-28-15-13-26/h4-9,16H,3,10-15,17H2,1-2H3,(H,25,29). The molecule has 2 aromatic rings. The largest absolute Gasteiger partial charge is 0.379 e. The number of nitrogens with one attached hydrogen (secondary N) is 1. The van der Waals surface area contributed by atoms with Crippen molar-refractivity contribution in [1.82, 2.24) is 9.80 Å². The zero-order chi connectivity index (χ0) is 20.6. The van der Waals surface area contributed by atoms with Crippen molar-refractivity contribution < 1.29 is 4.74 Å². The highest BCUT2D eigenvalue weighted by Crippen LogP contribution is 2.18. The normalized spacial score (nSPS) is 14.6. The molecule has 0 amide bonds. The summed E-state index contributed by atoms with van der Waals surface area (Å²) in [6.07, 6.45) is 1.06. The van der Waals surface area contributed by atoms with Crippen LogP contribution in [0.5, 0.6) is 0 Å². The molecule has 0 spiro atoms. The Labute approximate surface area is 184 Å². The molecule has 0 bridgehead atoms. The van der Waals surface area contributed by atoms with E-state index in [0.717, 1.165) is 68.2 Å². The lowest BCUT2D eigenvalue weighted by molar-refractivity contribution is 0.0368. The summed E-state index contributed by atoms with van der Waals surface area (Å²) in [7, 11) is 0. The van der Waals surface area contributed by atoms with Crippen molar-refractivity contribution in [3.8, 4) is 0 Å². The molecule has 2 aromatic carbocycles. The van der Waals surface area contributed by atoms with Crippen LogP contribution < -0.4 is 5.32 Å². The summed E-state index contributed by atoms with van der Waals surface area (Å²) in [4.78, 5) is 4.71. The molecule has 0 radical (unpaired) electrons. The second-order valence-corrected chi connectivity index (χ2v) is 8.43. The van der Waals surface area contributed by atoms with Gasteiger partial charge in [-0.25, -0.2) is 0 Å². The average molecular weight is 432 g/mol. The molecule has 1 saturated heterocycles. The van der Waals surface area contributed by atoms with Gasteiger partial charge in [0.2, 0.25) is 0 Å². The molecule has 0 saturated carbocycles. The van der Waals surface area contributed by atoms with Gasteiger partial charge in [-0.3, -0.25) is 4.90 Å². The van der Waals surface area contributed by atoms with Crippen LogP contribution in [0, 0.1) is 13.8 Å². The first kappa shape index (κ1) is 22.0. The van der Waals surface area contributed by atoms with E-state index in [1.165, 1.54) is 16.7 Å². The Hall–Kier alpha value is -1.66. The highest BCUT2D eigenvalue weighted by Gasteiger charge is 2.14. The van der Waals surface area contributed by atoms with Crippen molar-refractivity contribution in [2.24, 2.45) is 0 Å². The Morgan fingerprint density at radius 2 is 1.86 bits per heavy atom. The summed E-state index contributed by atoms with van der Waals surface area (Å²) in [6, 6.07) is 14.4. The molecule has 6 heteroatoms. The van der Waals surface area contributed by atoms with Crippen LogP contribution in [0.25, 0.3) is 0 Å². The van der Waals surface area contributed by atoms with E-state index in [0.29, 0.717) is 0 Å². The van der Waals surface area contributed by atoms with Gasteiger partial charge >= 0.3 is 0 Å². The molecule has 1 aliphatic heterocycles. The first-order valence-electron chi connectivity index (χ1n) is 10.2. The first-order chi connectivity index (χ1) is 14.0. The third-order valence-electron chi connectivity index (χ3n) is 5.21. The number of rotatable bonds is 7. The van der Waals surface area contributed by atoms with Gasteiger partial charge in [0.05, 0.1) is 13.2 Å². The minimum atomic E-state index is 0.753. The quantitative estimate of drug-likeness (QED) is 0.631. The van der Waals surface area contributed by atoms with Crippen molar-refractivity contribution in [3.63, 3.8) is 0 Å². The zero-order valence-corrected chi connectivity index (χ0v) is 18.9. The first-order valence-corrected chi connectivity index (χ1v) is 11.0. The number of thiocarbonyl (C=S) groups is 1. The van der Waals surface area contributed by atoms with Crippen LogP contribution in [-0.4, -0.2) is 54.3 Å². The highest BCUT2D eigenvalue weighted by atomic mass is 35.5. The van der Waals surface area contributed by atoms with E-state index in [4.69, 9.17) is 28.6 Å². The lowest BCUT2D eigenvalue weighted by Crippen LogP contribution is -2.40. The molecule has 3 rings (SSSR count). The molecule has 156 valence electrons. The minimum Gasteiger partial charge on any atom is -0.379 e. The summed E-state index contributed by atoms with van der Waals surface area (Å²) in [6.45, 7) is 10.6. The SMILES string of the molecule is Cc1ccc(C)c(NC(=S)N(CCCN2CCOCC2)Cc2ccc(Cl)cc2)c1. The Balaban J connectivity index is 1.65. The van der Waals surface area contributed by atoms with E-state index in [9.17, 15) is 0 Å². The van der Waals surface area contributed by atoms with Gasteiger partial charge in [0, 0.05) is 43.4 Å². The molecule has 29 heavy (non-hydrogen) atoms. The van der Waals surface area contributed by atoms with E-state index in [-0.39, 0.29) is 0 Å². The van der Waals surface area contributed by atoms with Gasteiger partial charge in [-0.15, -0.1) is 0 Å². The van der Waals surface area contributed by atoms with Crippen molar-refractivity contribution in [3.05, 3.63) is 64.2 Å². The van der Waals surface area contributed by atoms with Crippen molar-refractivity contribution in [2.45, 2.75) is 26.8 Å². The maximum atomic E-state index is 6.05. The van der Waals surface area contributed by atoms with E-state index in [1.54, 1.807) is 0 Å². The van der Waals surface area contributed by atoms with Crippen molar-refractivity contribution >= 4 is 34.6 Å². The molecular weight excluding hydrogens is 402 g/mol. The van der Waals surface area contributed by atoms with Gasteiger partial charge in [-0.1, -0.05) is 35.9 Å². The lowest BCUT2D eigenvalue weighted by Gasteiger charge is -2.30. The Kier molecular flexibility index (Phi) is 8.30. The number of hydrogen-bond acceptors (Lipinski definition) is 3. The van der Waals surface area contributed by atoms with Crippen LogP contribution in [0.2, 0.25) is 5.02 Å². The Morgan fingerprint density at radius 1 is 1.14 bits per heavy atom. The zero-order valence-electron chi connectivity index (χ0n) is 17.3. The summed E-state index contributed by atoms with van der Waals surface area (Å²) in [5.41, 5.74) is 4.69. The fourth-order valence-corrected chi connectivity index (χ4v) is 3.83. The predicted octanol–water partition coefficient (Wildman–Crippen LogP) is 4.88. The maximum Gasteiger partial charge on any atom is 0.173 e. The molecule has 0 aromatic heterocycles. The van der Waals surface area contributed by atoms with E-state index in [1.807, 2.05) is 12.1 Å². The molecule has 0 aliphatic carbocycles. The van der Waals surface area contributed by atoms with Crippen LogP contribution in [0.4, 0.5) is 5.69 Å². The highest BCUT2D eigenvalue weighted by molar-refractivity contribution is 7.80. The number of benzene rings is 2. The molecular formula is C23H30ClN3OS. The van der Waals surface area contributed by atoms with Gasteiger partial charge in [0.25, 0.3) is 0 Å². The molecule has 0 unspecified atom stereocenters. The molecule has 1 N–H and O–H groups in total. The number of ether oxygens (including phenoxy) is 1. The van der Waals surface area contributed by atoms with E-state index < -0.39 is 0 Å². The summed E-state index contributed by atoms with van der Waals surface area (Å²) in [5.74, 6) is 0. The van der Waals surface area contributed by atoms with Crippen LogP contribution in [-0.2, 0) is 11.3 Å². The second-order valence-electron chi connectivity index (χ2n) is 7.60. The summed E-state index contributed by atoms with van der Waals surface area (Å²) < 4.78 is 5.45. The molecule has 0 atom stereocenters. The smallest absolute Gasteiger partial charge is 0.173 e. The van der Waals surface area contributed by atoms with Gasteiger partial charge in [-0.05, 0) is 67.4 Å². The number of hydrogen-bond donors (Lipinski definition) is 1. The molecule has 1 fully saturated rings. The van der Waals surface area contributed by atoms with Crippen molar-refractivity contribution in [2.75, 3.05) is 44.7 Å². The van der Waals surface area contributed by atoms with Crippen LogP contribution in [0.15, 0.2) is 42.5 Å². The molecule has 4 nitrogen and oxygen atoms in total. The molecule has 1 aliphatic rings. The van der Waals surface area contributed by atoms with Crippen LogP contribution in [0.1, 0.15) is 23.1 Å².